The minimum atomic E-state index is -4.42. The molecule has 2 rings (SSSR count). The van der Waals surface area contributed by atoms with Crippen molar-refractivity contribution in [3.8, 4) is 17.4 Å². The van der Waals surface area contributed by atoms with Gasteiger partial charge in [0.15, 0.2) is 0 Å². The third kappa shape index (κ3) is 3.34. The van der Waals surface area contributed by atoms with Gasteiger partial charge in [-0.1, -0.05) is 6.07 Å². The number of alkyl halides is 3. The minimum Gasteiger partial charge on any atom is -0.495 e. The molecule has 7 heteroatoms. The van der Waals surface area contributed by atoms with Gasteiger partial charge >= 0.3 is 6.18 Å². The molecule has 0 atom stereocenters. The Morgan fingerprint density at radius 2 is 1.89 bits per heavy atom. The molecular weight excluding hydrogens is 261 g/mol. The number of ether oxygens (including phenoxy) is 2. The third-order valence-corrected chi connectivity index (χ3v) is 2.23. The van der Waals surface area contributed by atoms with E-state index in [2.05, 4.69) is 10.2 Å². The molecule has 19 heavy (non-hydrogen) atoms. The van der Waals surface area contributed by atoms with Gasteiger partial charge in [0.25, 0.3) is 0 Å². The number of benzene rings is 1. The molecular formula is C12H9F3N2O2. The highest BCUT2D eigenvalue weighted by Gasteiger charge is 2.30. The highest BCUT2D eigenvalue weighted by Crippen LogP contribution is 2.32. The summed E-state index contributed by atoms with van der Waals surface area (Å²) in [6.45, 7) is 0. The van der Waals surface area contributed by atoms with E-state index >= 15 is 0 Å². The highest BCUT2D eigenvalue weighted by molar-refractivity contribution is 5.34. The summed E-state index contributed by atoms with van der Waals surface area (Å²) in [6.07, 6.45) is -3.06. The lowest BCUT2D eigenvalue weighted by atomic mass is 10.2. The average molecular weight is 270 g/mol. The number of aromatic nitrogens is 2. The van der Waals surface area contributed by atoms with Crippen LogP contribution in [0.1, 0.15) is 5.56 Å². The Hall–Kier alpha value is -2.31. The number of hydrogen-bond acceptors (Lipinski definition) is 4. The first-order chi connectivity index (χ1) is 8.99. The monoisotopic (exact) mass is 270 g/mol. The van der Waals surface area contributed by atoms with Crippen LogP contribution in [-0.4, -0.2) is 17.3 Å². The maximum Gasteiger partial charge on any atom is 0.416 e. The Labute approximate surface area is 106 Å². The van der Waals surface area contributed by atoms with Gasteiger partial charge in [-0.25, -0.2) is 0 Å². The van der Waals surface area contributed by atoms with Gasteiger partial charge in [0.05, 0.1) is 18.9 Å². The van der Waals surface area contributed by atoms with Crippen molar-refractivity contribution in [2.45, 2.75) is 6.18 Å². The molecule has 100 valence electrons. The van der Waals surface area contributed by atoms with E-state index in [-0.39, 0.29) is 11.6 Å². The summed E-state index contributed by atoms with van der Waals surface area (Å²) in [6, 6.07) is 5.93. The summed E-state index contributed by atoms with van der Waals surface area (Å²) in [7, 11) is 1.44. The lowest BCUT2D eigenvalue weighted by Crippen LogP contribution is -2.04. The molecule has 0 saturated heterocycles. The second kappa shape index (κ2) is 5.13. The summed E-state index contributed by atoms with van der Waals surface area (Å²) >= 11 is 0. The third-order valence-electron chi connectivity index (χ3n) is 2.23. The molecule has 0 aliphatic rings. The second-order valence-corrected chi connectivity index (χ2v) is 3.56. The van der Waals surface area contributed by atoms with Gasteiger partial charge in [0.1, 0.15) is 11.5 Å². The van der Waals surface area contributed by atoms with Gasteiger partial charge < -0.3 is 9.47 Å². The Balaban J connectivity index is 2.23. The van der Waals surface area contributed by atoms with Crippen LogP contribution in [0.5, 0.6) is 17.4 Å². The maximum atomic E-state index is 12.5. The molecule has 0 bridgehead atoms. The second-order valence-electron chi connectivity index (χ2n) is 3.56. The quantitative estimate of drug-likeness (QED) is 0.858. The molecule has 0 N–H and O–H groups in total. The largest absolute Gasteiger partial charge is 0.495 e. The topological polar surface area (TPSA) is 44.2 Å². The predicted octanol–water partition coefficient (Wildman–Crippen LogP) is 3.30. The molecule has 1 aromatic carbocycles. The van der Waals surface area contributed by atoms with Crippen LogP contribution < -0.4 is 9.47 Å². The van der Waals surface area contributed by atoms with E-state index in [1.807, 2.05) is 0 Å². The lowest BCUT2D eigenvalue weighted by molar-refractivity contribution is -0.137. The van der Waals surface area contributed by atoms with Crippen molar-refractivity contribution >= 4 is 0 Å². The molecule has 0 spiro atoms. The van der Waals surface area contributed by atoms with E-state index in [9.17, 15) is 13.2 Å². The van der Waals surface area contributed by atoms with Gasteiger partial charge in [-0.2, -0.15) is 18.3 Å². The summed E-state index contributed by atoms with van der Waals surface area (Å²) < 4.78 is 47.7. The van der Waals surface area contributed by atoms with E-state index in [1.54, 1.807) is 0 Å². The van der Waals surface area contributed by atoms with Crippen LogP contribution in [0.4, 0.5) is 13.2 Å². The Morgan fingerprint density at radius 1 is 1.11 bits per heavy atom. The zero-order valence-electron chi connectivity index (χ0n) is 9.81. The zero-order valence-corrected chi connectivity index (χ0v) is 9.81. The van der Waals surface area contributed by atoms with Crippen molar-refractivity contribution in [2.24, 2.45) is 0 Å². The van der Waals surface area contributed by atoms with Crippen LogP contribution in [0.3, 0.4) is 0 Å². The summed E-state index contributed by atoms with van der Waals surface area (Å²) in [5.41, 5.74) is -0.791. The molecule has 1 aromatic heterocycles. The number of methoxy groups -OCH3 is 1. The van der Waals surface area contributed by atoms with E-state index in [4.69, 9.17) is 9.47 Å². The first-order valence-electron chi connectivity index (χ1n) is 5.21. The van der Waals surface area contributed by atoms with E-state index in [0.717, 1.165) is 12.1 Å². The van der Waals surface area contributed by atoms with Crippen molar-refractivity contribution in [1.29, 1.82) is 0 Å². The Kier molecular flexibility index (Phi) is 3.55. The first-order valence-corrected chi connectivity index (χ1v) is 5.21. The zero-order chi connectivity index (χ0) is 13.9. The molecule has 1 heterocycles. The van der Waals surface area contributed by atoms with Gasteiger partial charge in [0, 0.05) is 6.07 Å². The van der Waals surface area contributed by atoms with Gasteiger partial charge in [-0.3, -0.25) is 0 Å². The van der Waals surface area contributed by atoms with Crippen molar-refractivity contribution in [3.05, 3.63) is 42.1 Å². The number of hydrogen-bond donors (Lipinski definition) is 0. The van der Waals surface area contributed by atoms with Crippen molar-refractivity contribution in [3.63, 3.8) is 0 Å². The van der Waals surface area contributed by atoms with Gasteiger partial charge in [0.2, 0.25) is 5.88 Å². The van der Waals surface area contributed by atoms with Crippen LogP contribution in [0.2, 0.25) is 0 Å². The highest BCUT2D eigenvalue weighted by atomic mass is 19.4. The first kappa shape index (κ1) is 13.1. The lowest BCUT2D eigenvalue weighted by Gasteiger charge is -2.09. The molecule has 0 fully saturated rings. The molecule has 4 nitrogen and oxygen atoms in total. The molecule has 2 aromatic rings. The fourth-order valence-electron chi connectivity index (χ4n) is 1.35. The van der Waals surface area contributed by atoms with Crippen LogP contribution in [0.15, 0.2) is 36.5 Å². The molecule has 0 unspecified atom stereocenters. The molecule has 0 saturated carbocycles. The fraction of sp³-hybridized carbons (Fsp3) is 0.167. The van der Waals surface area contributed by atoms with E-state index in [0.29, 0.717) is 5.75 Å². The minimum absolute atomic E-state index is 0.0254. The molecule has 0 aliphatic heterocycles. The Morgan fingerprint density at radius 3 is 2.58 bits per heavy atom. The smallest absolute Gasteiger partial charge is 0.416 e. The van der Waals surface area contributed by atoms with Crippen LogP contribution in [0.25, 0.3) is 0 Å². The fourth-order valence-corrected chi connectivity index (χ4v) is 1.35. The maximum absolute atomic E-state index is 12.5. The van der Waals surface area contributed by atoms with Crippen LogP contribution in [0, 0.1) is 0 Å². The number of nitrogens with zero attached hydrogens (tertiary/aromatic N) is 2. The number of halogens is 3. The summed E-state index contributed by atoms with van der Waals surface area (Å²) in [5, 5.41) is 7.24. The van der Waals surface area contributed by atoms with Crippen molar-refractivity contribution < 1.29 is 22.6 Å². The predicted molar refractivity (Wildman–Crippen MR) is 60.1 cm³/mol. The molecule has 0 aliphatic carbocycles. The SMILES string of the molecule is COc1cnnc(Oc2cccc(C(F)(F)F)c2)c1. The van der Waals surface area contributed by atoms with Crippen molar-refractivity contribution in [1.82, 2.24) is 10.2 Å². The summed E-state index contributed by atoms with van der Waals surface area (Å²) in [5.74, 6) is 0.480. The standard InChI is InChI=1S/C12H9F3N2O2/c1-18-10-6-11(17-16-7-10)19-9-4-2-3-8(5-9)12(13,14)15/h2-7H,1H3. The van der Waals surface area contributed by atoms with Gasteiger partial charge in [-0.15, -0.1) is 5.10 Å². The van der Waals surface area contributed by atoms with Crippen LogP contribution in [-0.2, 0) is 6.18 Å². The van der Waals surface area contributed by atoms with Crippen molar-refractivity contribution in [2.75, 3.05) is 7.11 Å². The normalized spacial score (nSPS) is 11.2. The Bertz CT molecular complexity index is 573. The average Bonchev–Trinajstić information content (AvgIpc) is 2.38. The summed E-state index contributed by atoms with van der Waals surface area (Å²) in [4.78, 5) is 0. The van der Waals surface area contributed by atoms with E-state index in [1.165, 1.54) is 31.5 Å². The van der Waals surface area contributed by atoms with E-state index < -0.39 is 11.7 Å². The van der Waals surface area contributed by atoms with Crippen LogP contribution >= 0.6 is 0 Å². The molecule has 0 amide bonds. The molecule has 0 radical (unpaired) electrons. The van der Waals surface area contributed by atoms with Gasteiger partial charge in [-0.05, 0) is 18.2 Å². The number of rotatable bonds is 3.